The Labute approximate surface area is 161 Å². The van der Waals surface area contributed by atoms with Gasteiger partial charge in [-0.15, -0.1) is 0 Å². The van der Waals surface area contributed by atoms with Crippen molar-refractivity contribution in [3.05, 3.63) is 58.7 Å². The van der Waals surface area contributed by atoms with E-state index in [0.29, 0.717) is 17.2 Å². The lowest BCUT2D eigenvalue weighted by Gasteiger charge is -2.08. The van der Waals surface area contributed by atoms with Gasteiger partial charge in [0.1, 0.15) is 6.54 Å². The first kappa shape index (κ1) is 18.4. The summed E-state index contributed by atoms with van der Waals surface area (Å²) in [7, 11) is 0. The van der Waals surface area contributed by atoms with Crippen LogP contribution in [0.15, 0.2) is 52.3 Å². The molecule has 0 saturated carbocycles. The summed E-state index contributed by atoms with van der Waals surface area (Å²) in [5, 5.41) is 10.9. The number of hydrogen-bond acceptors (Lipinski definition) is 4. The Morgan fingerprint density at radius 2 is 2.00 bits per heavy atom. The average Bonchev–Trinajstić information content (AvgIpc) is 2.88. The molecule has 0 aliphatic rings. The summed E-state index contributed by atoms with van der Waals surface area (Å²) in [4.78, 5) is 14.1. The summed E-state index contributed by atoms with van der Waals surface area (Å²) >= 11 is 7.56. The fourth-order valence-electron chi connectivity index (χ4n) is 2.81. The normalized spacial score (nSPS) is 10.7. The molecule has 0 radical (unpaired) electrons. The van der Waals surface area contributed by atoms with Crippen LogP contribution in [0.5, 0.6) is 0 Å². The molecule has 0 fully saturated rings. The van der Waals surface area contributed by atoms with Gasteiger partial charge in [-0.25, -0.2) is 0 Å². The Kier molecular flexibility index (Phi) is 5.55. The van der Waals surface area contributed by atoms with Crippen molar-refractivity contribution >= 4 is 40.2 Å². The smallest absolute Gasteiger partial charge is 0.325 e. The van der Waals surface area contributed by atoms with Gasteiger partial charge in [0, 0.05) is 25.9 Å². The summed E-state index contributed by atoms with van der Waals surface area (Å²) < 4.78 is 7.04. The van der Waals surface area contributed by atoms with Crippen LogP contribution in [-0.4, -0.2) is 17.1 Å². The molecule has 3 aromatic rings. The van der Waals surface area contributed by atoms with Gasteiger partial charge in [-0.1, -0.05) is 23.4 Å². The monoisotopic (exact) mass is 384 g/mol. The Bertz CT molecular complexity index is 1000. The number of halogens is 1. The van der Waals surface area contributed by atoms with Crippen molar-refractivity contribution in [3.8, 4) is 6.07 Å². The van der Waals surface area contributed by atoms with Crippen LogP contribution >= 0.6 is 23.4 Å². The van der Waals surface area contributed by atoms with E-state index in [0.717, 1.165) is 26.4 Å². The summed E-state index contributed by atoms with van der Waals surface area (Å²) in [6.45, 7) is 4.26. The molecule has 6 heteroatoms. The molecule has 0 amide bonds. The minimum Gasteiger partial charge on any atom is -0.465 e. The number of nitriles is 1. The van der Waals surface area contributed by atoms with Crippen LogP contribution < -0.4 is 0 Å². The molecule has 26 heavy (non-hydrogen) atoms. The van der Waals surface area contributed by atoms with E-state index in [9.17, 15) is 10.1 Å². The van der Waals surface area contributed by atoms with Crippen molar-refractivity contribution in [3.63, 3.8) is 0 Å². The predicted octanol–water partition coefficient (Wildman–Crippen LogP) is 5.19. The van der Waals surface area contributed by atoms with Gasteiger partial charge >= 0.3 is 5.97 Å². The zero-order valence-electron chi connectivity index (χ0n) is 14.5. The van der Waals surface area contributed by atoms with Crippen LogP contribution in [0.25, 0.3) is 10.9 Å². The van der Waals surface area contributed by atoms with Crippen LogP contribution in [0.4, 0.5) is 0 Å². The van der Waals surface area contributed by atoms with Gasteiger partial charge in [-0.3, -0.25) is 4.79 Å². The van der Waals surface area contributed by atoms with Gasteiger partial charge in [0.2, 0.25) is 0 Å². The van der Waals surface area contributed by atoms with Gasteiger partial charge in [0.05, 0.1) is 23.8 Å². The van der Waals surface area contributed by atoms with Crippen molar-refractivity contribution < 1.29 is 9.53 Å². The summed E-state index contributed by atoms with van der Waals surface area (Å²) in [5.41, 5.74) is 2.46. The molecule has 0 spiro atoms. The molecular weight excluding hydrogens is 368 g/mol. The van der Waals surface area contributed by atoms with E-state index in [4.69, 9.17) is 16.3 Å². The van der Waals surface area contributed by atoms with E-state index in [1.165, 1.54) is 0 Å². The Balaban J connectivity index is 2.10. The summed E-state index contributed by atoms with van der Waals surface area (Å²) in [6.07, 6.45) is 0. The standard InChI is InChI=1S/C20H17ClN2O2S/c1-3-25-19(24)12-23-13(2)20(26-16-7-5-15(21)6-8-16)17-10-14(11-22)4-9-18(17)23/h4-10H,3,12H2,1-2H3. The van der Waals surface area contributed by atoms with Gasteiger partial charge in [0.25, 0.3) is 0 Å². The SMILES string of the molecule is CCOC(=O)Cn1c(C)c(Sc2ccc(Cl)cc2)c2cc(C#N)ccc21. The summed E-state index contributed by atoms with van der Waals surface area (Å²) in [5.74, 6) is -0.278. The van der Waals surface area contributed by atoms with Gasteiger partial charge in [0.15, 0.2) is 0 Å². The van der Waals surface area contributed by atoms with E-state index >= 15 is 0 Å². The Morgan fingerprint density at radius 1 is 1.27 bits per heavy atom. The number of ether oxygens (including phenoxy) is 1. The minimum absolute atomic E-state index is 0.142. The largest absolute Gasteiger partial charge is 0.465 e. The Hall–Kier alpha value is -2.42. The third-order valence-corrected chi connectivity index (χ3v) is 5.50. The quantitative estimate of drug-likeness (QED) is 0.568. The third kappa shape index (κ3) is 3.72. The molecule has 1 aromatic heterocycles. The lowest BCUT2D eigenvalue weighted by Crippen LogP contribution is -2.14. The van der Waals surface area contributed by atoms with Crippen LogP contribution in [0.2, 0.25) is 5.02 Å². The second-order valence-electron chi connectivity index (χ2n) is 5.71. The van der Waals surface area contributed by atoms with E-state index in [1.54, 1.807) is 24.8 Å². The maximum atomic E-state index is 12.0. The number of rotatable bonds is 5. The van der Waals surface area contributed by atoms with Crippen molar-refractivity contribution in [1.29, 1.82) is 5.26 Å². The molecule has 0 atom stereocenters. The first-order valence-corrected chi connectivity index (χ1v) is 9.35. The van der Waals surface area contributed by atoms with Crippen molar-refractivity contribution in [2.24, 2.45) is 0 Å². The van der Waals surface area contributed by atoms with Gasteiger partial charge < -0.3 is 9.30 Å². The average molecular weight is 385 g/mol. The van der Waals surface area contributed by atoms with Crippen molar-refractivity contribution in [2.75, 3.05) is 6.61 Å². The number of hydrogen-bond donors (Lipinski definition) is 0. The maximum Gasteiger partial charge on any atom is 0.325 e. The molecular formula is C20H17ClN2O2S. The zero-order chi connectivity index (χ0) is 18.7. The first-order chi connectivity index (χ1) is 12.5. The molecule has 0 saturated heterocycles. The zero-order valence-corrected chi connectivity index (χ0v) is 16.0. The van der Waals surface area contributed by atoms with Crippen LogP contribution in [0.3, 0.4) is 0 Å². The third-order valence-electron chi connectivity index (χ3n) is 4.02. The van der Waals surface area contributed by atoms with Gasteiger partial charge in [-0.05, 0) is 56.3 Å². The number of carbonyl (C=O) groups is 1. The van der Waals surface area contributed by atoms with Crippen molar-refractivity contribution in [2.45, 2.75) is 30.2 Å². The maximum absolute atomic E-state index is 12.0. The highest BCUT2D eigenvalue weighted by molar-refractivity contribution is 7.99. The van der Waals surface area contributed by atoms with Crippen LogP contribution in [-0.2, 0) is 16.1 Å². The molecule has 132 valence electrons. The highest BCUT2D eigenvalue weighted by atomic mass is 35.5. The van der Waals surface area contributed by atoms with E-state index in [2.05, 4.69) is 6.07 Å². The number of fused-ring (bicyclic) bond motifs is 1. The molecule has 4 nitrogen and oxygen atoms in total. The number of carbonyl (C=O) groups excluding carboxylic acids is 1. The number of nitrogens with zero attached hydrogens (tertiary/aromatic N) is 2. The lowest BCUT2D eigenvalue weighted by molar-refractivity contribution is -0.143. The lowest BCUT2D eigenvalue weighted by atomic mass is 10.2. The van der Waals surface area contributed by atoms with E-state index in [1.807, 2.05) is 47.9 Å². The molecule has 2 aromatic carbocycles. The highest BCUT2D eigenvalue weighted by Crippen LogP contribution is 2.39. The molecule has 0 unspecified atom stereocenters. The van der Waals surface area contributed by atoms with E-state index in [-0.39, 0.29) is 12.5 Å². The molecule has 3 rings (SSSR count). The first-order valence-electron chi connectivity index (χ1n) is 8.15. The number of benzene rings is 2. The molecule has 0 aliphatic heterocycles. The molecule has 0 bridgehead atoms. The predicted molar refractivity (Wildman–Crippen MR) is 104 cm³/mol. The van der Waals surface area contributed by atoms with Crippen LogP contribution in [0, 0.1) is 18.3 Å². The summed E-state index contributed by atoms with van der Waals surface area (Å²) in [6, 6.07) is 15.3. The number of aromatic nitrogens is 1. The minimum atomic E-state index is -0.278. The molecule has 1 heterocycles. The topological polar surface area (TPSA) is 55.0 Å². The fourth-order valence-corrected chi connectivity index (χ4v) is 3.97. The Morgan fingerprint density at radius 3 is 2.65 bits per heavy atom. The van der Waals surface area contributed by atoms with E-state index < -0.39 is 0 Å². The van der Waals surface area contributed by atoms with Gasteiger partial charge in [-0.2, -0.15) is 5.26 Å². The second kappa shape index (κ2) is 7.86. The van der Waals surface area contributed by atoms with Crippen LogP contribution in [0.1, 0.15) is 18.2 Å². The second-order valence-corrected chi connectivity index (χ2v) is 7.23. The fraction of sp³-hybridized carbons (Fsp3) is 0.200. The molecule has 0 N–H and O–H groups in total. The molecule has 0 aliphatic carbocycles. The highest BCUT2D eigenvalue weighted by Gasteiger charge is 2.18. The number of esters is 1. The van der Waals surface area contributed by atoms with Crippen molar-refractivity contribution in [1.82, 2.24) is 4.57 Å².